The number of rotatable bonds is 6. The van der Waals surface area contributed by atoms with Crippen LogP contribution in [0, 0.1) is 10.1 Å². The zero-order chi connectivity index (χ0) is 21.0. The van der Waals surface area contributed by atoms with Crippen LogP contribution in [-0.4, -0.2) is 35.0 Å². The number of benzene rings is 2. The maximum Gasteiger partial charge on any atom is 0.354 e. The topological polar surface area (TPSA) is 110 Å². The second-order valence-electron chi connectivity index (χ2n) is 5.82. The van der Waals surface area contributed by atoms with E-state index in [1.807, 2.05) is 0 Å². The fourth-order valence-corrected chi connectivity index (χ4v) is 2.91. The van der Waals surface area contributed by atoms with Crippen LogP contribution in [0.15, 0.2) is 54.9 Å². The Labute approximate surface area is 171 Å². The summed E-state index contributed by atoms with van der Waals surface area (Å²) in [5.41, 5.74) is 0.727. The third kappa shape index (κ3) is 4.09. The molecule has 0 fully saturated rings. The van der Waals surface area contributed by atoms with Crippen molar-refractivity contribution in [1.82, 2.24) is 9.97 Å². The molecule has 0 unspecified atom stereocenters. The van der Waals surface area contributed by atoms with Gasteiger partial charge in [-0.25, -0.2) is 14.8 Å². The van der Waals surface area contributed by atoms with Crippen LogP contribution in [0.2, 0.25) is 5.02 Å². The Morgan fingerprint density at radius 2 is 1.86 bits per heavy atom. The number of ether oxygens (including phenoxy) is 1. The summed E-state index contributed by atoms with van der Waals surface area (Å²) in [6, 6.07) is 13.4. The summed E-state index contributed by atoms with van der Waals surface area (Å²) >= 11 is 6.14. The van der Waals surface area contributed by atoms with Crippen LogP contribution in [0.5, 0.6) is 0 Å². The molecule has 1 aromatic heterocycles. The molecule has 0 aliphatic heterocycles. The lowest BCUT2D eigenvalue weighted by atomic mass is 10.1. The number of methoxy groups -OCH3 is 1. The van der Waals surface area contributed by atoms with Crippen molar-refractivity contribution in [3.05, 3.63) is 75.6 Å². The lowest BCUT2D eigenvalue weighted by molar-refractivity contribution is -0.383. The van der Waals surface area contributed by atoms with E-state index >= 15 is 0 Å². The molecule has 0 radical (unpaired) electrons. The minimum absolute atomic E-state index is 0.00379. The van der Waals surface area contributed by atoms with Gasteiger partial charge in [0.2, 0.25) is 11.6 Å². The average molecular weight is 414 g/mol. The highest BCUT2D eigenvalue weighted by Gasteiger charge is 2.28. The Bertz CT molecular complexity index is 1080. The molecule has 148 valence electrons. The van der Waals surface area contributed by atoms with E-state index < -0.39 is 10.9 Å². The van der Waals surface area contributed by atoms with E-state index in [0.717, 1.165) is 0 Å². The summed E-state index contributed by atoms with van der Waals surface area (Å²) in [4.78, 5) is 32.9. The zero-order valence-electron chi connectivity index (χ0n) is 15.5. The first kappa shape index (κ1) is 20.0. The van der Waals surface area contributed by atoms with E-state index in [0.29, 0.717) is 16.4 Å². The number of anilines is 4. The summed E-state index contributed by atoms with van der Waals surface area (Å²) in [6.07, 6.45) is 1.19. The van der Waals surface area contributed by atoms with Crippen LogP contribution in [0.1, 0.15) is 10.4 Å². The Balaban J connectivity index is 2.10. The highest BCUT2D eigenvalue weighted by molar-refractivity contribution is 6.33. The molecule has 0 spiro atoms. The first-order valence-corrected chi connectivity index (χ1v) is 8.73. The number of nitrogens with one attached hydrogen (secondary N) is 1. The van der Waals surface area contributed by atoms with Crippen molar-refractivity contribution in [2.24, 2.45) is 0 Å². The van der Waals surface area contributed by atoms with Crippen LogP contribution >= 0.6 is 11.6 Å². The number of hydrogen-bond donors (Lipinski definition) is 1. The van der Waals surface area contributed by atoms with Crippen molar-refractivity contribution in [3.8, 4) is 0 Å². The molecule has 1 N–H and O–H groups in total. The maximum atomic E-state index is 12.1. The molecule has 1 heterocycles. The molecule has 0 aliphatic rings. The Morgan fingerprint density at radius 1 is 1.17 bits per heavy atom. The molecular formula is C19H16ClN5O4. The molecule has 3 aromatic rings. The van der Waals surface area contributed by atoms with Crippen LogP contribution < -0.4 is 10.2 Å². The molecule has 0 aliphatic carbocycles. The van der Waals surface area contributed by atoms with Crippen molar-refractivity contribution in [3.63, 3.8) is 0 Å². The van der Waals surface area contributed by atoms with Crippen LogP contribution in [0.3, 0.4) is 0 Å². The molecule has 0 amide bonds. The lowest BCUT2D eigenvalue weighted by Crippen LogP contribution is -2.18. The number of carbonyl (C=O) groups excluding carboxylic acids is 1. The molecule has 3 rings (SSSR count). The third-order valence-electron chi connectivity index (χ3n) is 4.10. The summed E-state index contributed by atoms with van der Waals surface area (Å²) in [6.45, 7) is 0. The van der Waals surface area contributed by atoms with Gasteiger partial charge in [0.1, 0.15) is 6.33 Å². The molecule has 10 heteroatoms. The number of aromatic nitrogens is 2. The van der Waals surface area contributed by atoms with Crippen molar-refractivity contribution in [1.29, 1.82) is 0 Å². The third-order valence-corrected chi connectivity index (χ3v) is 4.43. The van der Waals surface area contributed by atoms with E-state index in [1.54, 1.807) is 55.6 Å². The minimum Gasteiger partial charge on any atom is -0.465 e. The van der Waals surface area contributed by atoms with Crippen molar-refractivity contribution in [2.45, 2.75) is 0 Å². The molecule has 0 bridgehead atoms. The predicted octanol–water partition coefficient (Wildman–Crippen LogP) is 4.34. The highest BCUT2D eigenvalue weighted by atomic mass is 35.5. The van der Waals surface area contributed by atoms with Gasteiger partial charge in [-0.05, 0) is 24.3 Å². The SMILES string of the molecule is COC(=O)c1ccccc1N(C)c1ncnc(Nc2ccccc2Cl)c1[N+](=O)[O-]. The Hall–Kier alpha value is -3.72. The van der Waals surface area contributed by atoms with E-state index in [-0.39, 0.29) is 22.9 Å². The van der Waals surface area contributed by atoms with Gasteiger partial charge in [0.05, 0.1) is 34.0 Å². The smallest absolute Gasteiger partial charge is 0.354 e. The second kappa shape index (κ2) is 8.53. The van der Waals surface area contributed by atoms with Crippen LogP contribution in [-0.2, 0) is 4.74 Å². The number of esters is 1. The van der Waals surface area contributed by atoms with E-state index in [2.05, 4.69) is 15.3 Å². The fraction of sp³-hybridized carbons (Fsp3) is 0.105. The number of halogens is 1. The average Bonchev–Trinajstić information content (AvgIpc) is 2.74. The van der Waals surface area contributed by atoms with Crippen LogP contribution in [0.25, 0.3) is 0 Å². The molecular weight excluding hydrogens is 398 g/mol. The van der Waals surface area contributed by atoms with Gasteiger partial charge in [0, 0.05) is 7.05 Å². The number of para-hydroxylation sites is 2. The summed E-state index contributed by atoms with van der Waals surface area (Å²) in [7, 11) is 2.83. The molecule has 0 saturated heterocycles. The second-order valence-corrected chi connectivity index (χ2v) is 6.23. The summed E-state index contributed by atoms with van der Waals surface area (Å²) in [5, 5.41) is 15.1. The number of hydrogen-bond acceptors (Lipinski definition) is 8. The normalized spacial score (nSPS) is 10.3. The minimum atomic E-state index is -0.592. The lowest BCUT2D eigenvalue weighted by Gasteiger charge is -2.21. The predicted molar refractivity (Wildman–Crippen MR) is 109 cm³/mol. The summed E-state index contributed by atoms with van der Waals surface area (Å²) < 4.78 is 4.80. The molecule has 0 atom stereocenters. The highest BCUT2D eigenvalue weighted by Crippen LogP contribution is 2.38. The maximum absolute atomic E-state index is 12.1. The quantitative estimate of drug-likeness (QED) is 0.361. The number of nitrogens with zero attached hydrogens (tertiary/aromatic N) is 4. The molecule has 29 heavy (non-hydrogen) atoms. The van der Waals surface area contributed by atoms with Gasteiger partial charge in [-0.1, -0.05) is 35.9 Å². The Kier molecular flexibility index (Phi) is 5.89. The zero-order valence-corrected chi connectivity index (χ0v) is 16.3. The van der Waals surface area contributed by atoms with Gasteiger partial charge >= 0.3 is 11.7 Å². The number of carbonyl (C=O) groups is 1. The van der Waals surface area contributed by atoms with Gasteiger partial charge in [0.25, 0.3) is 0 Å². The van der Waals surface area contributed by atoms with E-state index in [1.165, 1.54) is 18.3 Å². The monoisotopic (exact) mass is 413 g/mol. The van der Waals surface area contributed by atoms with Gasteiger partial charge < -0.3 is 15.0 Å². The fourth-order valence-electron chi connectivity index (χ4n) is 2.73. The molecule has 2 aromatic carbocycles. The van der Waals surface area contributed by atoms with Crippen molar-refractivity contribution < 1.29 is 14.5 Å². The number of nitro groups is 1. The Morgan fingerprint density at radius 3 is 2.55 bits per heavy atom. The first-order valence-electron chi connectivity index (χ1n) is 8.36. The van der Waals surface area contributed by atoms with Gasteiger partial charge in [-0.3, -0.25) is 10.1 Å². The van der Waals surface area contributed by atoms with Gasteiger partial charge in [-0.15, -0.1) is 0 Å². The standard InChI is InChI=1S/C19H16ClN5O4/c1-24(15-10-6-3-7-12(15)19(26)29-2)18-16(25(27)28)17(21-11-22-18)23-14-9-5-4-8-13(14)20/h3-11H,1-2H3,(H,21,22,23). The van der Waals surface area contributed by atoms with Gasteiger partial charge in [-0.2, -0.15) is 0 Å². The summed E-state index contributed by atoms with van der Waals surface area (Å²) in [5.74, 6) is -0.606. The van der Waals surface area contributed by atoms with Crippen molar-refractivity contribution in [2.75, 3.05) is 24.4 Å². The molecule has 9 nitrogen and oxygen atoms in total. The largest absolute Gasteiger partial charge is 0.465 e. The van der Waals surface area contributed by atoms with Crippen molar-refractivity contribution >= 4 is 46.3 Å². The van der Waals surface area contributed by atoms with Gasteiger partial charge in [0.15, 0.2) is 0 Å². The molecule has 0 saturated carbocycles. The van der Waals surface area contributed by atoms with E-state index in [9.17, 15) is 14.9 Å². The van der Waals surface area contributed by atoms with Crippen LogP contribution in [0.4, 0.5) is 28.7 Å². The first-order chi connectivity index (χ1) is 13.9. The van der Waals surface area contributed by atoms with E-state index in [4.69, 9.17) is 16.3 Å².